The van der Waals surface area contributed by atoms with Crippen molar-refractivity contribution in [2.24, 2.45) is 17.8 Å². The average Bonchev–Trinajstić information content (AvgIpc) is 3.27. The van der Waals surface area contributed by atoms with Gasteiger partial charge in [0.05, 0.1) is 5.69 Å². The first kappa shape index (κ1) is 20.1. The van der Waals surface area contributed by atoms with Crippen molar-refractivity contribution >= 4 is 29.2 Å². The van der Waals surface area contributed by atoms with Gasteiger partial charge < -0.3 is 21.1 Å². The number of rotatable bonds is 6. The molecule has 2 amide bonds. The lowest BCUT2D eigenvalue weighted by Crippen LogP contribution is -2.28. The molecule has 0 spiro atoms. The molecule has 29 heavy (non-hydrogen) atoms. The maximum Gasteiger partial charge on any atom is 0.405 e. The molecule has 10 nitrogen and oxygen atoms in total. The Morgan fingerprint density at radius 1 is 1.41 bits per heavy atom. The van der Waals surface area contributed by atoms with Gasteiger partial charge in [0.15, 0.2) is 11.7 Å². The number of nitrogens with zero attached hydrogens (tertiary/aromatic N) is 4. The van der Waals surface area contributed by atoms with Crippen LogP contribution in [0.25, 0.3) is 0 Å². The Morgan fingerprint density at radius 2 is 2.17 bits per heavy atom. The van der Waals surface area contributed by atoms with E-state index in [1.165, 1.54) is 29.2 Å². The summed E-state index contributed by atoms with van der Waals surface area (Å²) in [6.45, 7) is -1.32. The van der Waals surface area contributed by atoms with Crippen molar-refractivity contribution in [2.75, 3.05) is 23.8 Å². The minimum absolute atomic E-state index is 0.0134. The highest BCUT2D eigenvalue weighted by molar-refractivity contribution is 6.05. The molecule has 1 aliphatic rings. The van der Waals surface area contributed by atoms with Gasteiger partial charge in [-0.05, 0) is 12.1 Å². The van der Waals surface area contributed by atoms with E-state index in [0.717, 1.165) is 0 Å². The van der Waals surface area contributed by atoms with Crippen LogP contribution >= 0.6 is 0 Å². The molecular weight excluding hydrogens is 395 g/mol. The second-order valence-corrected chi connectivity index (χ2v) is 6.08. The highest BCUT2D eigenvalue weighted by Crippen LogP contribution is 2.19. The third-order valence-corrected chi connectivity index (χ3v) is 3.75. The summed E-state index contributed by atoms with van der Waals surface area (Å²) in [6.07, 6.45) is -1.68. The largest absolute Gasteiger partial charge is 0.475 e. The van der Waals surface area contributed by atoms with E-state index in [9.17, 15) is 22.8 Å². The lowest BCUT2D eigenvalue weighted by atomic mass is 10.2. The zero-order valence-corrected chi connectivity index (χ0v) is 15.0. The van der Waals surface area contributed by atoms with Crippen molar-refractivity contribution in [1.82, 2.24) is 14.8 Å². The summed E-state index contributed by atoms with van der Waals surface area (Å²) in [6, 6.07) is 1.90. The number of primary amides is 1. The van der Waals surface area contributed by atoms with Crippen molar-refractivity contribution in [3.05, 3.63) is 35.8 Å². The van der Waals surface area contributed by atoms with Gasteiger partial charge in [-0.1, -0.05) is 0 Å². The van der Waals surface area contributed by atoms with E-state index in [1.54, 1.807) is 7.05 Å². The molecule has 0 saturated carbocycles. The number of amides is 2. The first-order valence-electron chi connectivity index (χ1n) is 8.24. The van der Waals surface area contributed by atoms with E-state index >= 15 is 0 Å². The normalized spacial score (nSPS) is 16.1. The fourth-order valence-electron chi connectivity index (χ4n) is 2.50. The summed E-state index contributed by atoms with van der Waals surface area (Å²) in [7, 11) is 1.56. The van der Waals surface area contributed by atoms with Gasteiger partial charge in [-0.25, -0.2) is 9.98 Å². The van der Waals surface area contributed by atoms with Crippen molar-refractivity contribution in [1.29, 1.82) is 0 Å². The molecule has 154 valence electrons. The molecule has 13 heteroatoms. The van der Waals surface area contributed by atoms with Gasteiger partial charge in [-0.15, -0.1) is 0 Å². The fourth-order valence-corrected chi connectivity index (χ4v) is 2.50. The molecule has 2 aromatic heterocycles. The number of carbonyl (C=O) groups excluding carboxylic acids is 2. The molecule has 1 atom stereocenters. The van der Waals surface area contributed by atoms with Gasteiger partial charge in [0.2, 0.25) is 5.90 Å². The zero-order valence-electron chi connectivity index (χ0n) is 15.0. The fraction of sp³-hybridized carbons (Fsp3) is 0.312. The van der Waals surface area contributed by atoms with Crippen LogP contribution in [0.4, 0.5) is 24.7 Å². The number of nitrogens with one attached hydrogen (secondary N) is 2. The minimum atomic E-state index is -4.39. The van der Waals surface area contributed by atoms with Gasteiger partial charge >= 0.3 is 6.18 Å². The Morgan fingerprint density at radius 3 is 2.86 bits per heavy atom. The first-order chi connectivity index (χ1) is 13.6. The van der Waals surface area contributed by atoms with Crippen LogP contribution in [0.5, 0.6) is 0 Å². The summed E-state index contributed by atoms with van der Waals surface area (Å²) in [5.41, 5.74) is 5.62. The van der Waals surface area contributed by atoms with Crippen LogP contribution in [0.1, 0.15) is 16.1 Å². The predicted octanol–water partition coefficient (Wildman–Crippen LogP) is 0.672. The van der Waals surface area contributed by atoms with Crippen molar-refractivity contribution < 1.29 is 27.5 Å². The minimum Gasteiger partial charge on any atom is -0.475 e. The summed E-state index contributed by atoms with van der Waals surface area (Å²) < 4.78 is 43.7. The smallest absolute Gasteiger partial charge is 0.405 e. The van der Waals surface area contributed by atoms with E-state index in [0.29, 0.717) is 5.56 Å². The highest BCUT2D eigenvalue weighted by atomic mass is 19.4. The van der Waals surface area contributed by atoms with Crippen molar-refractivity contribution in [2.45, 2.75) is 12.2 Å². The van der Waals surface area contributed by atoms with Crippen LogP contribution < -0.4 is 16.4 Å². The third kappa shape index (κ3) is 5.00. The summed E-state index contributed by atoms with van der Waals surface area (Å²) in [5.74, 6) is -1.28. The van der Waals surface area contributed by atoms with Gasteiger partial charge in [0.25, 0.3) is 11.8 Å². The molecule has 0 saturated heterocycles. The molecule has 0 radical (unpaired) electrons. The third-order valence-electron chi connectivity index (χ3n) is 3.75. The summed E-state index contributed by atoms with van der Waals surface area (Å²) >= 11 is 0. The Labute approximate surface area is 161 Å². The number of anilines is 2. The van der Waals surface area contributed by atoms with Crippen molar-refractivity contribution in [3.8, 4) is 0 Å². The standard InChI is InChI=1S/C16H16F3N7O3/c1-26-5-9(12(25-26)13(20)27)23-14(28)10-6-29-15(24-10)8-2-3-21-11(4-8)22-7-16(17,18)19/h2-5,10H,6-7H2,1H3,(H2,20,27)(H,21,22)(H,23,28). The highest BCUT2D eigenvalue weighted by Gasteiger charge is 2.29. The first-order valence-corrected chi connectivity index (χ1v) is 8.24. The number of carbonyl (C=O) groups is 2. The zero-order chi connectivity index (χ0) is 21.2. The maximum absolute atomic E-state index is 12.4. The number of aromatic nitrogens is 3. The molecule has 3 rings (SSSR count). The molecule has 0 fully saturated rings. The molecule has 0 aliphatic carbocycles. The van der Waals surface area contributed by atoms with E-state index in [-0.39, 0.29) is 29.7 Å². The molecule has 3 heterocycles. The molecule has 1 aliphatic heterocycles. The van der Waals surface area contributed by atoms with Gasteiger partial charge in [0, 0.05) is 25.0 Å². The lowest BCUT2D eigenvalue weighted by molar-refractivity contribution is -0.117. The Hall–Kier alpha value is -3.64. The second-order valence-electron chi connectivity index (χ2n) is 6.08. The van der Waals surface area contributed by atoms with Crippen LogP contribution in [0.15, 0.2) is 29.5 Å². The van der Waals surface area contributed by atoms with Gasteiger partial charge in [-0.2, -0.15) is 18.3 Å². The maximum atomic E-state index is 12.4. The van der Waals surface area contributed by atoms with Crippen molar-refractivity contribution in [3.63, 3.8) is 0 Å². The summed E-state index contributed by atoms with van der Waals surface area (Å²) in [4.78, 5) is 31.7. The Kier molecular flexibility index (Phi) is 5.39. The van der Waals surface area contributed by atoms with Crippen LogP contribution in [0.3, 0.4) is 0 Å². The molecule has 0 bridgehead atoms. The van der Waals surface area contributed by atoms with E-state index in [4.69, 9.17) is 10.5 Å². The second kappa shape index (κ2) is 7.77. The van der Waals surface area contributed by atoms with Crippen LogP contribution in [-0.4, -0.2) is 57.8 Å². The molecule has 4 N–H and O–H groups in total. The number of pyridine rings is 1. The predicted molar refractivity (Wildman–Crippen MR) is 95.4 cm³/mol. The number of alkyl halides is 3. The number of aliphatic imine (C=N–C) groups is 1. The Bertz CT molecular complexity index is 971. The molecule has 1 unspecified atom stereocenters. The van der Waals surface area contributed by atoms with Gasteiger partial charge in [-0.3, -0.25) is 14.3 Å². The number of ether oxygens (including phenoxy) is 1. The number of hydrogen-bond acceptors (Lipinski definition) is 7. The molecule has 0 aromatic carbocycles. The van der Waals surface area contributed by atoms with Crippen LogP contribution in [0.2, 0.25) is 0 Å². The topological polar surface area (TPSA) is 137 Å². The number of aryl methyl sites for hydroxylation is 1. The number of halogens is 3. The van der Waals surface area contributed by atoms with Gasteiger partial charge in [0.1, 0.15) is 19.0 Å². The quantitative estimate of drug-likeness (QED) is 0.639. The molecular formula is C16H16F3N7O3. The number of nitrogens with two attached hydrogens (primary N) is 1. The number of hydrogen-bond donors (Lipinski definition) is 3. The average molecular weight is 411 g/mol. The van der Waals surface area contributed by atoms with Crippen LogP contribution in [-0.2, 0) is 16.6 Å². The SMILES string of the molecule is Cn1cc(NC(=O)C2COC(c3ccnc(NCC(F)(F)F)c3)=N2)c(C(N)=O)n1. The van der Waals surface area contributed by atoms with E-state index in [2.05, 4.69) is 25.7 Å². The van der Waals surface area contributed by atoms with E-state index < -0.39 is 30.6 Å². The molecule has 2 aromatic rings. The summed E-state index contributed by atoms with van der Waals surface area (Å²) in [5, 5.41) is 8.53. The van der Waals surface area contributed by atoms with E-state index in [1.807, 2.05) is 0 Å². The monoisotopic (exact) mass is 411 g/mol. The lowest BCUT2D eigenvalue weighted by Gasteiger charge is -2.09. The van der Waals surface area contributed by atoms with Crippen LogP contribution in [0, 0.1) is 0 Å². The Balaban J connectivity index is 1.70.